The predicted octanol–water partition coefficient (Wildman–Crippen LogP) is 5.96. The van der Waals surface area contributed by atoms with Crippen LogP contribution in [0.5, 0.6) is 0 Å². The topological polar surface area (TPSA) is 15.3 Å². The summed E-state index contributed by atoms with van der Waals surface area (Å²) in [4.78, 5) is 2.75. The highest BCUT2D eigenvalue weighted by molar-refractivity contribution is 5.85. The van der Waals surface area contributed by atoms with Gasteiger partial charge < -0.3 is 10.2 Å². The van der Waals surface area contributed by atoms with Crippen LogP contribution >= 0.6 is 12.4 Å². The summed E-state index contributed by atoms with van der Waals surface area (Å²) in [5.41, 5.74) is 7.77. The fourth-order valence-electron chi connectivity index (χ4n) is 6.45. The van der Waals surface area contributed by atoms with E-state index in [-0.39, 0.29) is 12.4 Å². The van der Waals surface area contributed by atoms with E-state index in [1.54, 1.807) is 22.3 Å². The first-order chi connectivity index (χ1) is 15.4. The van der Waals surface area contributed by atoms with E-state index in [2.05, 4.69) is 89.1 Å². The van der Waals surface area contributed by atoms with Gasteiger partial charge in [-0.25, -0.2) is 0 Å². The number of hydrogen-bond acceptors (Lipinski definition) is 2. The summed E-state index contributed by atoms with van der Waals surface area (Å²) in [5.74, 6) is 1.91. The molecule has 1 atom stereocenters. The van der Waals surface area contributed by atoms with Crippen molar-refractivity contribution in [3.05, 3.63) is 107 Å². The number of hydrogen-bond donors (Lipinski definition) is 1. The number of nitrogens with one attached hydrogen (secondary N) is 1. The van der Waals surface area contributed by atoms with Crippen molar-refractivity contribution >= 4 is 12.4 Å². The van der Waals surface area contributed by atoms with Crippen LogP contribution in [0.1, 0.15) is 58.9 Å². The summed E-state index contributed by atoms with van der Waals surface area (Å²) in [5, 5.41) is 3.79. The first-order valence-electron chi connectivity index (χ1n) is 12.0. The van der Waals surface area contributed by atoms with Crippen molar-refractivity contribution in [3.63, 3.8) is 0 Å². The normalized spacial score (nSPS) is 24.4. The summed E-state index contributed by atoms with van der Waals surface area (Å²) in [6, 6.07) is 29.9. The highest BCUT2D eigenvalue weighted by Gasteiger charge is 2.43. The molecule has 3 aliphatic carbocycles. The summed E-state index contributed by atoms with van der Waals surface area (Å²) < 4.78 is 0. The Balaban J connectivity index is 0.00000216. The molecule has 0 radical (unpaired) electrons. The quantitative estimate of drug-likeness (QED) is 0.522. The first kappa shape index (κ1) is 21.7. The minimum absolute atomic E-state index is 0. The number of nitrogens with zero attached hydrogens (tertiary/aromatic N) is 1. The largest absolute Gasteiger partial charge is 0.310 e. The van der Waals surface area contributed by atoms with Gasteiger partial charge in [0.15, 0.2) is 0 Å². The van der Waals surface area contributed by atoms with Gasteiger partial charge in [0.25, 0.3) is 0 Å². The van der Waals surface area contributed by atoms with Gasteiger partial charge in [-0.05, 0) is 66.1 Å². The van der Waals surface area contributed by atoms with Gasteiger partial charge in [-0.1, -0.05) is 78.9 Å². The zero-order chi connectivity index (χ0) is 20.6. The molecule has 1 N–H and O–H groups in total. The molecular formula is C29H33ClN2. The molecule has 3 aromatic rings. The molecule has 0 amide bonds. The molecule has 166 valence electrons. The van der Waals surface area contributed by atoms with Crippen LogP contribution in [0.3, 0.4) is 0 Å². The lowest BCUT2D eigenvalue weighted by atomic mass is 9.59. The fraction of sp³-hybridized carbons (Fsp3) is 0.379. The van der Waals surface area contributed by atoms with Gasteiger partial charge in [0.2, 0.25) is 0 Å². The lowest BCUT2D eigenvalue weighted by Crippen LogP contribution is -2.46. The Labute approximate surface area is 198 Å². The molecule has 3 aromatic carbocycles. The third-order valence-electron chi connectivity index (χ3n) is 7.94. The molecule has 7 rings (SSSR count). The molecule has 0 saturated carbocycles. The van der Waals surface area contributed by atoms with E-state index < -0.39 is 0 Å². The van der Waals surface area contributed by atoms with Crippen molar-refractivity contribution < 1.29 is 0 Å². The fourth-order valence-corrected chi connectivity index (χ4v) is 6.45. The number of piperidine rings is 1. The van der Waals surface area contributed by atoms with Gasteiger partial charge in [-0.15, -0.1) is 12.4 Å². The van der Waals surface area contributed by atoms with Crippen LogP contribution in [0, 0.1) is 5.92 Å². The van der Waals surface area contributed by atoms with Crippen LogP contribution in [0.15, 0.2) is 78.9 Å². The van der Waals surface area contributed by atoms with E-state index in [9.17, 15) is 0 Å². The number of fused-ring (bicyclic) bond motifs is 1. The average Bonchev–Trinajstić information content (AvgIpc) is 2.84. The molecule has 1 fully saturated rings. The van der Waals surface area contributed by atoms with Crippen LogP contribution in [-0.4, -0.2) is 30.6 Å². The number of rotatable bonds is 5. The molecule has 1 aliphatic heterocycles. The maximum Gasteiger partial charge on any atom is 0.0208 e. The monoisotopic (exact) mass is 444 g/mol. The van der Waals surface area contributed by atoms with Crippen molar-refractivity contribution in [1.82, 2.24) is 10.2 Å². The van der Waals surface area contributed by atoms with Gasteiger partial charge in [0.05, 0.1) is 0 Å². The second-order valence-corrected chi connectivity index (χ2v) is 9.73. The molecule has 1 heterocycles. The second kappa shape index (κ2) is 9.39. The van der Waals surface area contributed by atoms with Gasteiger partial charge in [0.1, 0.15) is 0 Å². The molecule has 1 unspecified atom stereocenters. The Bertz CT molecular complexity index is 994. The van der Waals surface area contributed by atoms with Crippen molar-refractivity contribution in [3.8, 4) is 0 Å². The van der Waals surface area contributed by atoms with E-state index in [0.29, 0.717) is 17.9 Å². The maximum absolute atomic E-state index is 3.79. The summed E-state index contributed by atoms with van der Waals surface area (Å²) in [7, 11) is 0. The van der Waals surface area contributed by atoms with Crippen LogP contribution < -0.4 is 5.32 Å². The molecule has 0 spiro atoms. The minimum atomic E-state index is 0. The predicted molar refractivity (Wildman–Crippen MR) is 135 cm³/mol. The van der Waals surface area contributed by atoms with Crippen LogP contribution in [-0.2, 0) is 6.54 Å². The SMILES string of the molecule is Cl.c1ccc(CNC2CCN(CC3CC4c5ccccc5C3c3ccccc34)CC2)cc1. The van der Waals surface area contributed by atoms with E-state index in [0.717, 1.165) is 12.5 Å². The molecular weight excluding hydrogens is 412 g/mol. The van der Waals surface area contributed by atoms with Crippen molar-refractivity contribution in [1.29, 1.82) is 0 Å². The average molecular weight is 445 g/mol. The second-order valence-electron chi connectivity index (χ2n) is 9.73. The Morgan fingerprint density at radius 1 is 0.719 bits per heavy atom. The highest BCUT2D eigenvalue weighted by atomic mass is 35.5. The van der Waals surface area contributed by atoms with Crippen molar-refractivity contribution in [2.45, 2.75) is 43.7 Å². The Hall–Kier alpha value is -2.13. The van der Waals surface area contributed by atoms with Crippen LogP contribution in [0.2, 0.25) is 0 Å². The van der Waals surface area contributed by atoms with Crippen molar-refractivity contribution in [2.24, 2.45) is 5.92 Å². The van der Waals surface area contributed by atoms with Crippen molar-refractivity contribution in [2.75, 3.05) is 19.6 Å². The summed E-state index contributed by atoms with van der Waals surface area (Å²) in [6.45, 7) is 4.69. The zero-order valence-electron chi connectivity index (χ0n) is 18.6. The molecule has 2 nitrogen and oxygen atoms in total. The Kier molecular flexibility index (Phi) is 6.37. The van der Waals surface area contributed by atoms with E-state index in [4.69, 9.17) is 0 Å². The highest BCUT2D eigenvalue weighted by Crippen LogP contribution is 2.55. The Morgan fingerprint density at radius 3 is 1.91 bits per heavy atom. The van der Waals surface area contributed by atoms with Gasteiger partial charge >= 0.3 is 0 Å². The first-order valence-corrected chi connectivity index (χ1v) is 12.0. The molecule has 2 bridgehead atoms. The zero-order valence-corrected chi connectivity index (χ0v) is 19.4. The Morgan fingerprint density at radius 2 is 1.28 bits per heavy atom. The van der Waals surface area contributed by atoms with Crippen LogP contribution in [0.4, 0.5) is 0 Å². The third-order valence-corrected chi connectivity index (χ3v) is 7.94. The van der Waals surface area contributed by atoms with Gasteiger partial charge in [-0.3, -0.25) is 0 Å². The number of benzene rings is 3. The summed E-state index contributed by atoms with van der Waals surface area (Å²) >= 11 is 0. The molecule has 1 saturated heterocycles. The van der Waals surface area contributed by atoms with Gasteiger partial charge in [-0.2, -0.15) is 0 Å². The molecule has 4 aliphatic rings. The lowest BCUT2D eigenvalue weighted by molar-refractivity contribution is 0.153. The van der Waals surface area contributed by atoms with Crippen LogP contribution in [0.25, 0.3) is 0 Å². The third kappa shape index (κ3) is 4.01. The lowest BCUT2D eigenvalue weighted by Gasteiger charge is -2.47. The minimum Gasteiger partial charge on any atom is -0.310 e. The standard InChI is InChI=1S/C29H32N2.ClH/c1-2-8-21(9-3-1)19-30-23-14-16-31(17-15-23)20-22-18-28-24-10-4-6-12-26(24)29(22)27-13-7-5-11-25(27)28;/h1-13,22-23,28-30H,14-20H2;1H. The maximum atomic E-state index is 3.79. The van der Waals surface area contributed by atoms with E-state index >= 15 is 0 Å². The molecule has 3 heteroatoms. The number of halogens is 1. The summed E-state index contributed by atoms with van der Waals surface area (Å²) in [6.07, 6.45) is 3.84. The number of likely N-dealkylation sites (tertiary alicyclic amines) is 1. The van der Waals surface area contributed by atoms with E-state index in [1.807, 2.05) is 0 Å². The van der Waals surface area contributed by atoms with E-state index in [1.165, 1.54) is 44.5 Å². The molecule has 32 heavy (non-hydrogen) atoms. The molecule has 0 aromatic heterocycles. The smallest absolute Gasteiger partial charge is 0.0208 e. The van der Waals surface area contributed by atoms with Gasteiger partial charge in [0, 0.05) is 31.0 Å².